The molecule has 2 aromatic rings. The third-order valence-corrected chi connectivity index (χ3v) is 4.34. The van der Waals surface area contributed by atoms with Crippen LogP contribution in [0.1, 0.15) is 19.4 Å². The lowest BCUT2D eigenvalue weighted by Crippen LogP contribution is -2.54. The number of anilines is 1. The molecule has 1 unspecified atom stereocenters. The third-order valence-electron chi connectivity index (χ3n) is 4.34. The van der Waals surface area contributed by atoms with Gasteiger partial charge < -0.3 is 14.6 Å². The molecule has 0 spiro atoms. The zero-order valence-corrected chi connectivity index (χ0v) is 16.8. The van der Waals surface area contributed by atoms with E-state index in [0.29, 0.717) is 23.7 Å². The fraction of sp³-hybridized carbons (Fsp3) is 0.182. The summed E-state index contributed by atoms with van der Waals surface area (Å²) in [5.41, 5.74) is 0.526. The van der Waals surface area contributed by atoms with Crippen molar-refractivity contribution in [2.75, 3.05) is 11.5 Å². The molecule has 0 bridgehead atoms. The highest BCUT2D eigenvalue weighted by atomic mass is 16.5. The summed E-state index contributed by atoms with van der Waals surface area (Å²) >= 11 is 0. The van der Waals surface area contributed by atoms with Gasteiger partial charge in [0.25, 0.3) is 11.8 Å². The van der Waals surface area contributed by atoms with Gasteiger partial charge in [-0.25, -0.2) is 14.5 Å². The van der Waals surface area contributed by atoms with Crippen molar-refractivity contribution in [1.82, 2.24) is 5.32 Å². The minimum atomic E-state index is -1.10. The molecule has 160 valence electrons. The molecule has 0 aliphatic carbocycles. The second-order valence-electron chi connectivity index (χ2n) is 6.56. The van der Waals surface area contributed by atoms with E-state index in [4.69, 9.17) is 14.6 Å². The number of carboxylic acids is 1. The zero-order chi connectivity index (χ0) is 22.5. The average molecular weight is 424 g/mol. The van der Waals surface area contributed by atoms with Gasteiger partial charge in [-0.3, -0.25) is 14.9 Å². The summed E-state index contributed by atoms with van der Waals surface area (Å²) < 4.78 is 10.7. The number of hydrogen-bond donors (Lipinski definition) is 2. The molecule has 1 aliphatic heterocycles. The summed E-state index contributed by atoms with van der Waals surface area (Å²) in [5.74, 6) is -1.89. The molecular formula is C22H20N2O7. The first-order valence-electron chi connectivity index (χ1n) is 9.44. The number of carboxylic acid groups (broad SMARTS) is 1. The van der Waals surface area contributed by atoms with Crippen LogP contribution in [0.4, 0.5) is 10.5 Å². The number of imide groups is 2. The summed E-state index contributed by atoms with van der Waals surface area (Å²) in [5, 5.41) is 11.1. The number of nitrogens with one attached hydrogen (secondary N) is 1. The molecule has 4 amide bonds. The van der Waals surface area contributed by atoms with Crippen molar-refractivity contribution in [2.24, 2.45) is 0 Å². The summed E-state index contributed by atoms with van der Waals surface area (Å²) in [6, 6.07) is 11.7. The van der Waals surface area contributed by atoms with E-state index in [1.165, 1.54) is 31.2 Å². The summed E-state index contributed by atoms with van der Waals surface area (Å²) in [4.78, 5) is 49.3. The Labute approximate surface area is 177 Å². The zero-order valence-electron chi connectivity index (χ0n) is 16.8. The first kappa shape index (κ1) is 21.6. The molecule has 2 aromatic carbocycles. The molecule has 1 saturated heterocycles. The SMILES string of the molecule is CCOc1cccc(N2C(=O)NC(=O)/C(=C\c3ccc(OC(C)C(=O)O)cc3)C2=O)c1. The molecule has 1 aliphatic rings. The predicted octanol–water partition coefficient (Wildman–Crippen LogP) is 2.60. The largest absolute Gasteiger partial charge is 0.494 e. The Bertz CT molecular complexity index is 1060. The molecule has 9 nitrogen and oxygen atoms in total. The van der Waals surface area contributed by atoms with Gasteiger partial charge in [0.2, 0.25) is 0 Å². The van der Waals surface area contributed by atoms with E-state index in [9.17, 15) is 19.2 Å². The van der Waals surface area contributed by atoms with Crippen LogP contribution in [0, 0.1) is 0 Å². The van der Waals surface area contributed by atoms with E-state index < -0.39 is 29.9 Å². The Kier molecular flexibility index (Phi) is 6.35. The minimum absolute atomic E-state index is 0.228. The van der Waals surface area contributed by atoms with Crippen LogP contribution in [-0.2, 0) is 14.4 Å². The Morgan fingerprint density at radius 3 is 2.48 bits per heavy atom. The normalized spacial score (nSPS) is 16.1. The van der Waals surface area contributed by atoms with E-state index in [1.54, 1.807) is 30.3 Å². The van der Waals surface area contributed by atoms with Crippen LogP contribution in [0.2, 0.25) is 0 Å². The van der Waals surface area contributed by atoms with E-state index in [-0.39, 0.29) is 11.3 Å². The number of aliphatic carboxylic acids is 1. The standard InChI is InChI=1S/C22H20N2O7/c1-3-30-17-6-4-5-15(12-17)24-20(26)18(19(25)23-22(24)29)11-14-7-9-16(10-8-14)31-13(2)21(27)28/h4-13H,3H2,1-2H3,(H,27,28)(H,23,25,29)/b18-11+. The molecule has 3 rings (SSSR count). The predicted molar refractivity (Wildman–Crippen MR) is 111 cm³/mol. The first-order valence-corrected chi connectivity index (χ1v) is 9.44. The number of rotatable bonds is 7. The Hall–Kier alpha value is -4.14. The van der Waals surface area contributed by atoms with Crippen LogP contribution in [0.25, 0.3) is 6.08 Å². The van der Waals surface area contributed by atoms with Crippen LogP contribution >= 0.6 is 0 Å². The fourth-order valence-corrected chi connectivity index (χ4v) is 2.83. The van der Waals surface area contributed by atoms with Crippen LogP contribution in [0.3, 0.4) is 0 Å². The van der Waals surface area contributed by atoms with E-state index in [1.807, 2.05) is 6.92 Å². The third kappa shape index (κ3) is 4.89. The number of ether oxygens (including phenoxy) is 2. The maximum Gasteiger partial charge on any atom is 0.344 e. The second kappa shape index (κ2) is 9.12. The Balaban J connectivity index is 1.87. The summed E-state index contributed by atoms with van der Waals surface area (Å²) in [6.07, 6.45) is 0.315. The van der Waals surface area contributed by atoms with Crippen molar-refractivity contribution in [3.05, 3.63) is 59.7 Å². The molecule has 0 radical (unpaired) electrons. The Morgan fingerprint density at radius 1 is 1.13 bits per heavy atom. The molecule has 0 saturated carbocycles. The van der Waals surface area contributed by atoms with Crippen molar-refractivity contribution in [3.8, 4) is 11.5 Å². The number of amides is 4. The van der Waals surface area contributed by atoms with Crippen molar-refractivity contribution in [3.63, 3.8) is 0 Å². The number of benzene rings is 2. The lowest BCUT2D eigenvalue weighted by Gasteiger charge is -2.26. The van der Waals surface area contributed by atoms with Crippen LogP contribution in [-0.4, -0.2) is 41.6 Å². The molecule has 1 heterocycles. The first-order chi connectivity index (χ1) is 14.8. The molecule has 9 heteroatoms. The second-order valence-corrected chi connectivity index (χ2v) is 6.56. The van der Waals surface area contributed by atoms with Gasteiger partial charge >= 0.3 is 12.0 Å². The van der Waals surface area contributed by atoms with Gasteiger partial charge in [-0.15, -0.1) is 0 Å². The minimum Gasteiger partial charge on any atom is -0.494 e. The van der Waals surface area contributed by atoms with Gasteiger partial charge in [0, 0.05) is 6.07 Å². The number of carbonyl (C=O) groups excluding carboxylic acids is 3. The van der Waals surface area contributed by atoms with Crippen molar-refractivity contribution < 1.29 is 33.8 Å². The molecule has 2 N–H and O–H groups in total. The van der Waals surface area contributed by atoms with E-state index in [2.05, 4.69) is 5.32 Å². The Morgan fingerprint density at radius 2 is 1.84 bits per heavy atom. The maximum atomic E-state index is 13.0. The van der Waals surface area contributed by atoms with Gasteiger partial charge in [-0.2, -0.15) is 0 Å². The van der Waals surface area contributed by atoms with Crippen molar-refractivity contribution >= 4 is 35.6 Å². The summed E-state index contributed by atoms with van der Waals surface area (Å²) in [6.45, 7) is 3.62. The highest BCUT2D eigenvalue weighted by Gasteiger charge is 2.36. The average Bonchev–Trinajstić information content (AvgIpc) is 2.72. The highest BCUT2D eigenvalue weighted by Crippen LogP contribution is 2.26. The number of nitrogens with zero attached hydrogens (tertiary/aromatic N) is 1. The number of barbiturate groups is 1. The fourth-order valence-electron chi connectivity index (χ4n) is 2.83. The van der Waals surface area contributed by atoms with Crippen molar-refractivity contribution in [1.29, 1.82) is 0 Å². The van der Waals surface area contributed by atoms with Gasteiger partial charge in [0.05, 0.1) is 12.3 Å². The lowest BCUT2D eigenvalue weighted by molar-refractivity contribution is -0.144. The topological polar surface area (TPSA) is 122 Å². The van der Waals surface area contributed by atoms with Crippen LogP contribution < -0.4 is 19.7 Å². The van der Waals surface area contributed by atoms with Gasteiger partial charge in [0.1, 0.15) is 17.1 Å². The molecular weight excluding hydrogens is 404 g/mol. The molecule has 1 fully saturated rings. The van der Waals surface area contributed by atoms with Crippen LogP contribution in [0.5, 0.6) is 11.5 Å². The monoisotopic (exact) mass is 424 g/mol. The quantitative estimate of drug-likeness (QED) is 0.517. The maximum absolute atomic E-state index is 13.0. The highest BCUT2D eigenvalue weighted by molar-refractivity contribution is 6.39. The van der Waals surface area contributed by atoms with Crippen LogP contribution in [0.15, 0.2) is 54.1 Å². The van der Waals surface area contributed by atoms with Gasteiger partial charge in [-0.1, -0.05) is 18.2 Å². The number of carbonyl (C=O) groups is 4. The van der Waals surface area contributed by atoms with Gasteiger partial charge in [-0.05, 0) is 49.8 Å². The molecule has 0 aromatic heterocycles. The van der Waals surface area contributed by atoms with E-state index in [0.717, 1.165) is 4.90 Å². The lowest BCUT2D eigenvalue weighted by atomic mass is 10.1. The van der Waals surface area contributed by atoms with Crippen molar-refractivity contribution in [2.45, 2.75) is 20.0 Å². The number of urea groups is 1. The van der Waals surface area contributed by atoms with E-state index >= 15 is 0 Å². The smallest absolute Gasteiger partial charge is 0.344 e. The number of hydrogen-bond acceptors (Lipinski definition) is 6. The van der Waals surface area contributed by atoms with Gasteiger partial charge in [0.15, 0.2) is 6.10 Å². The summed E-state index contributed by atoms with van der Waals surface area (Å²) in [7, 11) is 0. The molecule has 1 atom stereocenters. The molecule has 31 heavy (non-hydrogen) atoms.